The van der Waals surface area contributed by atoms with Crippen LogP contribution < -0.4 is 0 Å². The van der Waals surface area contributed by atoms with E-state index in [4.69, 9.17) is 0 Å². The first-order chi connectivity index (χ1) is 13.7. The van der Waals surface area contributed by atoms with Crippen molar-refractivity contribution in [3.8, 4) is 22.4 Å². The molecule has 1 aromatic carbocycles. The fraction of sp³-hybridized carbons (Fsp3) is 0.273. The quantitative estimate of drug-likeness (QED) is 0.734. The number of halogens is 1. The third-order valence-electron chi connectivity index (χ3n) is 5.66. The van der Waals surface area contributed by atoms with Crippen molar-refractivity contribution in [2.45, 2.75) is 25.0 Å². The van der Waals surface area contributed by atoms with Crippen molar-refractivity contribution in [3.05, 3.63) is 66.4 Å². The summed E-state index contributed by atoms with van der Waals surface area (Å²) in [5, 5.41) is 17.8. The molecule has 2 aromatic heterocycles. The molecule has 0 spiro atoms. The standard InChI is InChI=1S/C22H21FN4O/c23-17-3-1-15(2-4-17)21-20(14-5-8-24-9-6-14)22(26-25-21)16-7-10-27-13-19(28)12-18(27)11-16/h1-6,8-9,11,18-19,28H,7,10,12-13H2,(H,25,26). The van der Waals surface area contributed by atoms with Crippen molar-refractivity contribution < 1.29 is 9.50 Å². The Kier molecular flexibility index (Phi) is 4.30. The first kappa shape index (κ1) is 17.3. The fourth-order valence-electron chi connectivity index (χ4n) is 4.32. The molecule has 5 rings (SSSR count). The van der Waals surface area contributed by atoms with Gasteiger partial charge >= 0.3 is 0 Å². The third kappa shape index (κ3) is 3.04. The minimum atomic E-state index is -0.260. The summed E-state index contributed by atoms with van der Waals surface area (Å²) in [4.78, 5) is 6.46. The Bertz CT molecular complexity index is 1010. The summed E-state index contributed by atoms with van der Waals surface area (Å²) >= 11 is 0. The van der Waals surface area contributed by atoms with Crippen LogP contribution in [0.15, 0.2) is 54.9 Å². The summed E-state index contributed by atoms with van der Waals surface area (Å²) in [5.41, 5.74) is 5.90. The molecule has 2 aliphatic heterocycles. The van der Waals surface area contributed by atoms with Crippen LogP contribution in [0, 0.1) is 5.82 Å². The molecule has 2 atom stereocenters. The highest BCUT2D eigenvalue weighted by atomic mass is 19.1. The van der Waals surface area contributed by atoms with Crippen molar-refractivity contribution in [1.82, 2.24) is 20.1 Å². The molecule has 3 aromatic rings. The fourth-order valence-corrected chi connectivity index (χ4v) is 4.32. The van der Waals surface area contributed by atoms with Crippen LogP contribution in [0.4, 0.5) is 4.39 Å². The Hall–Kier alpha value is -2.83. The van der Waals surface area contributed by atoms with Crippen LogP contribution in [-0.2, 0) is 0 Å². The summed E-state index contributed by atoms with van der Waals surface area (Å²) < 4.78 is 13.4. The lowest BCUT2D eigenvalue weighted by Gasteiger charge is -2.27. The Morgan fingerprint density at radius 2 is 1.86 bits per heavy atom. The molecular formula is C22H21FN4O. The number of nitrogens with one attached hydrogen (secondary N) is 1. The molecular weight excluding hydrogens is 355 g/mol. The molecule has 0 radical (unpaired) electrons. The van der Waals surface area contributed by atoms with Crippen LogP contribution in [0.2, 0.25) is 0 Å². The van der Waals surface area contributed by atoms with E-state index in [1.807, 2.05) is 12.1 Å². The number of H-pyrrole nitrogens is 1. The summed E-state index contributed by atoms with van der Waals surface area (Å²) in [6, 6.07) is 10.7. The van der Waals surface area contributed by atoms with Crippen LogP contribution in [0.1, 0.15) is 18.5 Å². The van der Waals surface area contributed by atoms with Crippen LogP contribution in [0.3, 0.4) is 0 Å². The topological polar surface area (TPSA) is 65.0 Å². The highest BCUT2D eigenvalue weighted by Crippen LogP contribution is 2.39. The van der Waals surface area contributed by atoms with Crippen molar-refractivity contribution in [2.75, 3.05) is 13.1 Å². The Labute approximate surface area is 162 Å². The summed E-state index contributed by atoms with van der Waals surface area (Å²) in [7, 11) is 0. The van der Waals surface area contributed by atoms with E-state index in [9.17, 15) is 9.50 Å². The van der Waals surface area contributed by atoms with E-state index in [2.05, 4.69) is 26.2 Å². The number of hydrogen-bond donors (Lipinski definition) is 2. The van der Waals surface area contributed by atoms with Gasteiger partial charge in [-0.3, -0.25) is 15.0 Å². The highest BCUT2D eigenvalue weighted by molar-refractivity contribution is 5.89. The maximum Gasteiger partial charge on any atom is 0.123 e. The van der Waals surface area contributed by atoms with E-state index in [0.717, 1.165) is 54.0 Å². The molecule has 0 amide bonds. The van der Waals surface area contributed by atoms with Crippen LogP contribution >= 0.6 is 0 Å². The first-order valence-corrected chi connectivity index (χ1v) is 9.57. The minimum absolute atomic E-state index is 0.255. The Morgan fingerprint density at radius 1 is 1.07 bits per heavy atom. The van der Waals surface area contributed by atoms with Gasteiger partial charge in [0.25, 0.3) is 0 Å². The monoisotopic (exact) mass is 376 g/mol. The average molecular weight is 376 g/mol. The third-order valence-corrected chi connectivity index (χ3v) is 5.66. The average Bonchev–Trinajstić information content (AvgIpc) is 3.31. The van der Waals surface area contributed by atoms with Gasteiger partial charge in [-0.1, -0.05) is 6.08 Å². The predicted molar refractivity (Wildman–Crippen MR) is 106 cm³/mol. The molecule has 1 saturated heterocycles. The lowest BCUT2D eigenvalue weighted by atomic mass is 9.92. The molecule has 4 heterocycles. The van der Waals surface area contributed by atoms with E-state index in [1.165, 1.54) is 17.7 Å². The van der Waals surface area contributed by atoms with E-state index < -0.39 is 0 Å². The van der Waals surface area contributed by atoms with Gasteiger partial charge in [-0.25, -0.2) is 4.39 Å². The van der Waals surface area contributed by atoms with Crippen molar-refractivity contribution >= 4 is 5.57 Å². The molecule has 2 N–H and O–H groups in total. The molecule has 1 fully saturated rings. The van der Waals surface area contributed by atoms with Crippen LogP contribution in [0.5, 0.6) is 0 Å². The number of hydrogen-bond acceptors (Lipinski definition) is 4. The first-order valence-electron chi connectivity index (χ1n) is 9.57. The van der Waals surface area contributed by atoms with Crippen LogP contribution in [-0.4, -0.2) is 50.4 Å². The Balaban J connectivity index is 1.63. The van der Waals surface area contributed by atoms with E-state index >= 15 is 0 Å². The molecule has 2 aliphatic rings. The minimum Gasteiger partial charge on any atom is -0.392 e. The molecule has 6 heteroatoms. The van der Waals surface area contributed by atoms with E-state index in [1.54, 1.807) is 24.5 Å². The van der Waals surface area contributed by atoms with E-state index in [0.29, 0.717) is 0 Å². The lowest BCUT2D eigenvalue weighted by Crippen LogP contribution is -2.32. The van der Waals surface area contributed by atoms with Crippen molar-refractivity contribution in [3.63, 3.8) is 0 Å². The number of benzene rings is 1. The Morgan fingerprint density at radius 3 is 2.64 bits per heavy atom. The zero-order valence-corrected chi connectivity index (χ0v) is 15.3. The molecule has 0 saturated carbocycles. The molecule has 2 unspecified atom stereocenters. The zero-order valence-electron chi connectivity index (χ0n) is 15.3. The van der Waals surface area contributed by atoms with Gasteiger partial charge in [0.05, 0.1) is 17.5 Å². The number of pyridine rings is 1. The van der Waals surface area contributed by atoms with Gasteiger partial charge in [-0.05, 0) is 60.4 Å². The van der Waals surface area contributed by atoms with Gasteiger partial charge in [-0.2, -0.15) is 5.10 Å². The number of rotatable bonds is 3. The van der Waals surface area contributed by atoms with Crippen molar-refractivity contribution in [1.29, 1.82) is 0 Å². The van der Waals surface area contributed by atoms with E-state index in [-0.39, 0.29) is 18.0 Å². The second kappa shape index (κ2) is 6.96. The number of nitrogens with zero attached hydrogens (tertiary/aromatic N) is 3. The predicted octanol–water partition coefficient (Wildman–Crippen LogP) is 3.50. The molecule has 142 valence electrons. The zero-order chi connectivity index (χ0) is 19.1. The smallest absolute Gasteiger partial charge is 0.123 e. The van der Waals surface area contributed by atoms with Crippen LogP contribution in [0.25, 0.3) is 28.0 Å². The molecule has 0 aliphatic carbocycles. The van der Waals surface area contributed by atoms with Gasteiger partial charge < -0.3 is 5.11 Å². The number of aromatic nitrogens is 3. The lowest BCUT2D eigenvalue weighted by molar-refractivity contribution is 0.176. The maximum atomic E-state index is 13.4. The largest absolute Gasteiger partial charge is 0.392 e. The maximum absolute atomic E-state index is 13.4. The van der Waals surface area contributed by atoms with Gasteiger partial charge in [0.15, 0.2) is 0 Å². The number of aromatic amines is 1. The second-order valence-corrected chi connectivity index (χ2v) is 7.46. The molecule has 28 heavy (non-hydrogen) atoms. The number of aliphatic hydroxyl groups excluding tert-OH is 1. The normalized spacial score (nSPS) is 22.1. The number of fused-ring (bicyclic) bond motifs is 1. The van der Waals surface area contributed by atoms with Gasteiger partial charge in [0, 0.05) is 42.7 Å². The summed E-state index contributed by atoms with van der Waals surface area (Å²) in [6.45, 7) is 1.66. The number of aliphatic hydroxyl groups is 1. The summed E-state index contributed by atoms with van der Waals surface area (Å²) in [5.74, 6) is -0.260. The van der Waals surface area contributed by atoms with Gasteiger partial charge in [0.1, 0.15) is 5.82 Å². The van der Waals surface area contributed by atoms with Gasteiger partial charge in [0.2, 0.25) is 0 Å². The summed E-state index contributed by atoms with van der Waals surface area (Å²) in [6.07, 6.45) is 7.18. The highest BCUT2D eigenvalue weighted by Gasteiger charge is 2.33. The second-order valence-electron chi connectivity index (χ2n) is 7.46. The van der Waals surface area contributed by atoms with Crippen molar-refractivity contribution in [2.24, 2.45) is 0 Å². The molecule has 5 nitrogen and oxygen atoms in total. The van der Waals surface area contributed by atoms with Gasteiger partial charge in [-0.15, -0.1) is 0 Å². The SMILES string of the molecule is OC1CC2C=C(c3n[nH]c(-c4ccc(F)cc4)c3-c3ccncc3)CCN2C1. The molecule has 0 bridgehead atoms.